The number of aliphatic carboxylic acids is 1. The zero-order valence-electron chi connectivity index (χ0n) is 13.7. The molecule has 5 nitrogen and oxygen atoms in total. The van der Waals surface area contributed by atoms with Gasteiger partial charge >= 0.3 is 5.97 Å². The van der Waals surface area contributed by atoms with Crippen molar-refractivity contribution in [3.63, 3.8) is 0 Å². The van der Waals surface area contributed by atoms with Crippen LogP contribution < -0.4 is 4.74 Å². The summed E-state index contributed by atoms with van der Waals surface area (Å²) in [6.07, 6.45) is 0.395. The predicted molar refractivity (Wildman–Crippen MR) is 90.0 cm³/mol. The first-order valence-electron chi connectivity index (χ1n) is 7.95. The number of benzene rings is 2. The standard InChI is InChI=1S/C19H18FNO4/c1-25-15-5-2-12(3-6-15)13-4-7-16(17(20)10-13)18(22)21-9-8-14(11-21)19(23)24/h2-7,10,14H,8-9,11H2,1H3,(H,23,24)/t14-/m0/s1. The molecule has 0 spiro atoms. The van der Waals surface area contributed by atoms with Gasteiger partial charge in [0.2, 0.25) is 0 Å². The largest absolute Gasteiger partial charge is 0.497 e. The number of amides is 1. The molecule has 2 aromatic carbocycles. The topological polar surface area (TPSA) is 66.8 Å². The number of carboxylic acids is 1. The molecule has 0 aromatic heterocycles. The minimum atomic E-state index is -0.925. The molecule has 0 radical (unpaired) electrons. The highest BCUT2D eigenvalue weighted by Crippen LogP contribution is 2.26. The molecule has 1 N–H and O–H groups in total. The molecule has 0 aliphatic carbocycles. The van der Waals surface area contributed by atoms with Crippen LogP contribution in [0.4, 0.5) is 4.39 Å². The van der Waals surface area contributed by atoms with Crippen LogP contribution in [0.15, 0.2) is 42.5 Å². The summed E-state index contributed by atoms with van der Waals surface area (Å²) in [7, 11) is 1.57. The summed E-state index contributed by atoms with van der Waals surface area (Å²) >= 11 is 0. The maximum Gasteiger partial charge on any atom is 0.308 e. The third-order valence-corrected chi connectivity index (χ3v) is 4.45. The van der Waals surface area contributed by atoms with Gasteiger partial charge in [-0.05, 0) is 41.8 Å². The van der Waals surface area contributed by atoms with E-state index in [2.05, 4.69) is 0 Å². The Morgan fingerprint density at radius 3 is 2.40 bits per heavy atom. The maximum atomic E-state index is 14.5. The van der Waals surface area contributed by atoms with Gasteiger partial charge in [-0.3, -0.25) is 9.59 Å². The van der Waals surface area contributed by atoms with Gasteiger partial charge in [-0.15, -0.1) is 0 Å². The Balaban J connectivity index is 1.79. The van der Waals surface area contributed by atoms with Crippen LogP contribution in [-0.4, -0.2) is 42.1 Å². The lowest BCUT2D eigenvalue weighted by Gasteiger charge is -2.16. The van der Waals surface area contributed by atoms with E-state index in [0.29, 0.717) is 24.3 Å². The number of hydrogen-bond acceptors (Lipinski definition) is 3. The smallest absolute Gasteiger partial charge is 0.308 e. The molecule has 3 rings (SSSR count). The molecule has 1 saturated heterocycles. The Morgan fingerprint density at radius 1 is 1.16 bits per heavy atom. The molecule has 0 unspecified atom stereocenters. The van der Waals surface area contributed by atoms with Crippen molar-refractivity contribution in [2.75, 3.05) is 20.2 Å². The van der Waals surface area contributed by atoms with Gasteiger partial charge in [-0.2, -0.15) is 0 Å². The molecule has 2 aromatic rings. The molecule has 1 fully saturated rings. The molecule has 25 heavy (non-hydrogen) atoms. The van der Waals surface area contributed by atoms with Crippen LogP contribution >= 0.6 is 0 Å². The van der Waals surface area contributed by atoms with Crippen molar-refractivity contribution in [2.45, 2.75) is 6.42 Å². The molecule has 1 heterocycles. The van der Waals surface area contributed by atoms with Gasteiger partial charge in [0, 0.05) is 13.1 Å². The Labute approximate surface area is 144 Å². The number of carboxylic acid groups (broad SMARTS) is 1. The Bertz CT molecular complexity index is 804. The van der Waals surface area contributed by atoms with Crippen LogP contribution in [0.25, 0.3) is 11.1 Å². The van der Waals surface area contributed by atoms with Crippen LogP contribution in [0, 0.1) is 11.7 Å². The second-order valence-electron chi connectivity index (χ2n) is 6.00. The Hall–Kier alpha value is -2.89. The zero-order chi connectivity index (χ0) is 18.0. The molecule has 0 bridgehead atoms. The van der Waals surface area contributed by atoms with Gasteiger partial charge in [0.05, 0.1) is 18.6 Å². The molecular weight excluding hydrogens is 325 g/mol. The van der Waals surface area contributed by atoms with Crippen molar-refractivity contribution in [2.24, 2.45) is 5.92 Å². The predicted octanol–water partition coefficient (Wildman–Crippen LogP) is 3.05. The summed E-state index contributed by atoms with van der Waals surface area (Å²) in [5, 5.41) is 9.02. The van der Waals surface area contributed by atoms with E-state index >= 15 is 0 Å². The Kier molecular flexibility index (Phi) is 4.70. The summed E-state index contributed by atoms with van der Waals surface area (Å²) in [4.78, 5) is 24.8. The fourth-order valence-corrected chi connectivity index (χ4v) is 2.97. The highest BCUT2D eigenvalue weighted by molar-refractivity contribution is 5.95. The van der Waals surface area contributed by atoms with Gasteiger partial charge in [0.25, 0.3) is 5.91 Å². The maximum absolute atomic E-state index is 14.5. The first-order valence-corrected chi connectivity index (χ1v) is 7.95. The molecule has 1 atom stereocenters. The molecule has 1 amide bonds. The van der Waals surface area contributed by atoms with Crippen molar-refractivity contribution in [3.05, 3.63) is 53.8 Å². The molecule has 1 aliphatic rings. The van der Waals surface area contributed by atoms with Crippen molar-refractivity contribution in [1.29, 1.82) is 0 Å². The van der Waals surface area contributed by atoms with E-state index in [-0.39, 0.29) is 12.1 Å². The highest BCUT2D eigenvalue weighted by atomic mass is 19.1. The average molecular weight is 343 g/mol. The fraction of sp³-hybridized carbons (Fsp3) is 0.263. The van der Waals surface area contributed by atoms with Gasteiger partial charge < -0.3 is 14.7 Å². The molecule has 0 saturated carbocycles. The molecule has 6 heteroatoms. The average Bonchev–Trinajstić information content (AvgIpc) is 3.11. The Morgan fingerprint density at radius 2 is 1.84 bits per heavy atom. The lowest BCUT2D eigenvalue weighted by Crippen LogP contribution is -2.30. The number of rotatable bonds is 4. The van der Waals surface area contributed by atoms with E-state index in [1.165, 1.54) is 17.0 Å². The number of hydrogen-bond donors (Lipinski definition) is 1. The molecule has 1 aliphatic heterocycles. The van der Waals surface area contributed by atoms with Crippen LogP contribution in [-0.2, 0) is 4.79 Å². The second kappa shape index (κ2) is 6.93. The number of nitrogens with zero attached hydrogens (tertiary/aromatic N) is 1. The van der Waals surface area contributed by atoms with Crippen LogP contribution in [0.1, 0.15) is 16.8 Å². The molecule has 130 valence electrons. The summed E-state index contributed by atoms with van der Waals surface area (Å²) < 4.78 is 19.5. The minimum absolute atomic E-state index is 0.0386. The second-order valence-corrected chi connectivity index (χ2v) is 6.00. The monoisotopic (exact) mass is 343 g/mol. The van der Waals surface area contributed by atoms with E-state index in [1.807, 2.05) is 12.1 Å². The summed E-state index contributed by atoms with van der Waals surface area (Å²) in [5.41, 5.74) is 1.43. The third kappa shape index (κ3) is 3.47. The van der Waals surface area contributed by atoms with E-state index in [0.717, 1.165) is 5.56 Å². The van der Waals surface area contributed by atoms with Gasteiger partial charge in [-0.1, -0.05) is 18.2 Å². The van der Waals surface area contributed by atoms with Crippen molar-refractivity contribution in [3.8, 4) is 16.9 Å². The molecular formula is C19H18FNO4. The lowest BCUT2D eigenvalue weighted by molar-refractivity contribution is -0.141. The van der Waals surface area contributed by atoms with Crippen molar-refractivity contribution in [1.82, 2.24) is 4.90 Å². The van der Waals surface area contributed by atoms with Crippen LogP contribution in [0.3, 0.4) is 0 Å². The van der Waals surface area contributed by atoms with Crippen molar-refractivity contribution < 1.29 is 23.8 Å². The van der Waals surface area contributed by atoms with E-state index in [4.69, 9.17) is 9.84 Å². The number of ether oxygens (including phenoxy) is 1. The van der Waals surface area contributed by atoms with E-state index in [1.54, 1.807) is 25.3 Å². The SMILES string of the molecule is COc1ccc(-c2ccc(C(=O)N3CC[C@H](C(=O)O)C3)c(F)c2)cc1. The first-order chi connectivity index (χ1) is 12.0. The van der Waals surface area contributed by atoms with Crippen molar-refractivity contribution >= 4 is 11.9 Å². The summed E-state index contributed by atoms with van der Waals surface area (Å²) in [6, 6.07) is 11.6. The number of methoxy groups -OCH3 is 1. The fourth-order valence-electron chi connectivity index (χ4n) is 2.97. The number of likely N-dealkylation sites (tertiary alicyclic amines) is 1. The summed E-state index contributed by atoms with van der Waals surface area (Å²) in [5.74, 6) is -1.88. The van der Waals surface area contributed by atoms with E-state index < -0.39 is 23.6 Å². The lowest BCUT2D eigenvalue weighted by atomic mass is 10.0. The van der Waals surface area contributed by atoms with Crippen LogP contribution in [0.2, 0.25) is 0 Å². The zero-order valence-corrected chi connectivity index (χ0v) is 13.7. The number of carbonyl (C=O) groups excluding carboxylic acids is 1. The highest BCUT2D eigenvalue weighted by Gasteiger charge is 2.32. The third-order valence-electron chi connectivity index (χ3n) is 4.45. The minimum Gasteiger partial charge on any atom is -0.497 e. The number of halogens is 1. The van der Waals surface area contributed by atoms with Gasteiger partial charge in [0.15, 0.2) is 0 Å². The number of carbonyl (C=O) groups is 2. The van der Waals surface area contributed by atoms with Gasteiger partial charge in [0.1, 0.15) is 11.6 Å². The van der Waals surface area contributed by atoms with Gasteiger partial charge in [-0.25, -0.2) is 4.39 Å². The normalized spacial score (nSPS) is 16.7. The quantitative estimate of drug-likeness (QED) is 0.927. The van der Waals surface area contributed by atoms with Crippen LogP contribution in [0.5, 0.6) is 5.75 Å². The summed E-state index contributed by atoms with van der Waals surface area (Å²) in [6.45, 7) is 0.448. The van der Waals surface area contributed by atoms with E-state index in [9.17, 15) is 14.0 Å². The first kappa shape index (κ1) is 17.0.